The number of hydrogen-bond acceptors (Lipinski definition) is 5. The third-order valence-corrected chi connectivity index (χ3v) is 4.92. The summed E-state index contributed by atoms with van der Waals surface area (Å²) in [5.41, 5.74) is 1.71. The maximum absolute atomic E-state index is 12.9. The van der Waals surface area contributed by atoms with Gasteiger partial charge in [-0.2, -0.15) is 0 Å². The molecular formula is C18H23O5P. The smallest absolute Gasteiger partial charge is 0.391 e. The molecule has 0 aliphatic carbocycles. The molecule has 0 fully saturated rings. The van der Waals surface area contributed by atoms with Gasteiger partial charge in [0, 0.05) is 0 Å². The molecule has 0 amide bonds. The SMILES string of the molecule is C[C@H](O)[C@H](C)OP(=O)(OCc1ccccc1)OCc1ccccc1. The molecule has 2 atom stereocenters. The summed E-state index contributed by atoms with van der Waals surface area (Å²) in [7, 11) is -3.82. The summed E-state index contributed by atoms with van der Waals surface area (Å²) in [4.78, 5) is 0. The lowest BCUT2D eigenvalue weighted by Crippen LogP contribution is -2.22. The number of aliphatic hydroxyl groups excluding tert-OH is 1. The zero-order valence-electron chi connectivity index (χ0n) is 13.9. The molecular weight excluding hydrogens is 327 g/mol. The lowest BCUT2D eigenvalue weighted by atomic mass is 10.2. The van der Waals surface area contributed by atoms with Gasteiger partial charge in [-0.1, -0.05) is 60.7 Å². The van der Waals surface area contributed by atoms with Crippen LogP contribution in [0.4, 0.5) is 0 Å². The first-order valence-electron chi connectivity index (χ1n) is 7.82. The Labute approximate surface area is 142 Å². The Balaban J connectivity index is 2.03. The van der Waals surface area contributed by atoms with E-state index < -0.39 is 20.0 Å². The predicted molar refractivity (Wildman–Crippen MR) is 92.3 cm³/mol. The fourth-order valence-electron chi connectivity index (χ4n) is 1.85. The molecule has 0 saturated heterocycles. The van der Waals surface area contributed by atoms with Crippen LogP contribution in [0.15, 0.2) is 60.7 Å². The van der Waals surface area contributed by atoms with E-state index >= 15 is 0 Å². The van der Waals surface area contributed by atoms with E-state index in [0.717, 1.165) is 11.1 Å². The van der Waals surface area contributed by atoms with Crippen molar-refractivity contribution in [2.75, 3.05) is 0 Å². The van der Waals surface area contributed by atoms with Gasteiger partial charge < -0.3 is 5.11 Å². The fraction of sp³-hybridized carbons (Fsp3) is 0.333. The molecule has 0 spiro atoms. The van der Waals surface area contributed by atoms with Gasteiger partial charge in [0.2, 0.25) is 0 Å². The predicted octanol–water partition coefficient (Wildman–Crippen LogP) is 4.31. The molecule has 0 aliphatic rings. The number of aliphatic hydroxyl groups is 1. The lowest BCUT2D eigenvalue weighted by molar-refractivity contribution is 0.0154. The van der Waals surface area contributed by atoms with Gasteiger partial charge in [0.05, 0.1) is 25.4 Å². The van der Waals surface area contributed by atoms with Crippen molar-refractivity contribution >= 4 is 7.82 Å². The maximum Gasteiger partial charge on any atom is 0.475 e. The van der Waals surface area contributed by atoms with Crippen LogP contribution >= 0.6 is 7.82 Å². The first-order valence-corrected chi connectivity index (χ1v) is 9.28. The lowest BCUT2D eigenvalue weighted by Gasteiger charge is -2.23. The summed E-state index contributed by atoms with van der Waals surface area (Å²) in [6.45, 7) is 3.37. The molecule has 24 heavy (non-hydrogen) atoms. The summed E-state index contributed by atoms with van der Waals surface area (Å²) in [5.74, 6) is 0. The van der Waals surface area contributed by atoms with Gasteiger partial charge in [-0.05, 0) is 25.0 Å². The van der Waals surface area contributed by atoms with Crippen molar-refractivity contribution in [1.29, 1.82) is 0 Å². The highest BCUT2D eigenvalue weighted by Gasteiger charge is 2.31. The summed E-state index contributed by atoms with van der Waals surface area (Å²) in [6.07, 6.45) is -1.47. The van der Waals surface area contributed by atoms with E-state index in [1.165, 1.54) is 0 Å². The molecule has 0 radical (unpaired) electrons. The molecule has 2 rings (SSSR count). The van der Waals surface area contributed by atoms with Crippen LogP contribution in [0.2, 0.25) is 0 Å². The van der Waals surface area contributed by atoms with Crippen molar-refractivity contribution in [2.45, 2.75) is 39.3 Å². The second-order valence-electron chi connectivity index (χ2n) is 5.52. The fourth-order valence-corrected chi connectivity index (χ4v) is 3.24. The third-order valence-electron chi connectivity index (χ3n) is 3.44. The molecule has 6 heteroatoms. The van der Waals surface area contributed by atoms with Gasteiger partial charge in [0.25, 0.3) is 0 Å². The highest BCUT2D eigenvalue weighted by molar-refractivity contribution is 7.48. The Bertz CT molecular complexity index is 597. The summed E-state index contributed by atoms with van der Waals surface area (Å²) in [6, 6.07) is 18.7. The molecule has 0 aromatic heterocycles. The van der Waals surface area contributed by atoms with Gasteiger partial charge in [-0.3, -0.25) is 13.6 Å². The average Bonchev–Trinajstić information content (AvgIpc) is 2.60. The number of rotatable bonds is 9. The van der Waals surface area contributed by atoms with E-state index in [2.05, 4.69) is 0 Å². The highest BCUT2D eigenvalue weighted by atomic mass is 31.2. The summed E-state index contributed by atoms with van der Waals surface area (Å²) < 4.78 is 29.2. The number of phosphoric ester groups is 1. The molecule has 0 heterocycles. The first kappa shape index (κ1) is 18.8. The minimum atomic E-state index is -3.82. The molecule has 2 aromatic rings. The minimum Gasteiger partial charge on any atom is -0.391 e. The van der Waals surface area contributed by atoms with E-state index in [1.54, 1.807) is 13.8 Å². The van der Waals surface area contributed by atoms with Crippen LogP contribution in [0.1, 0.15) is 25.0 Å². The molecule has 1 N–H and O–H groups in total. The number of phosphoric acid groups is 1. The van der Waals surface area contributed by atoms with Crippen molar-refractivity contribution in [2.24, 2.45) is 0 Å². The zero-order chi connectivity index (χ0) is 17.4. The largest absolute Gasteiger partial charge is 0.475 e. The van der Waals surface area contributed by atoms with Crippen LogP contribution in [0, 0.1) is 0 Å². The van der Waals surface area contributed by atoms with Gasteiger partial charge in [0.15, 0.2) is 0 Å². The second kappa shape index (κ2) is 9.11. The standard InChI is InChI=1S/C18H23O5P/c1-15(19)16(2)23-24(20,21-13-17-9-5-3-6-10-17)22-14-18-11-7-4-8-12-18/h3-12,15-16,19H,13-14H2,1-2H3/t15-,16-/m0/s1. The van der Waals surface area contributed by atoms with Crippen molar-refractivity contribution in [1.82, 2.24) is 0 Å². The molecule has 0 bridgehead atoms. The Hall–Kier alpha value is -1.49. The van der Waals surface area contributed by atoms with E-state index in [1.807, 2.05) is 60.7 Å². The van der Waals surface area contributed by atoms with Gasteiger partial charge in [-0.25, -0.2) is 4.57 Å². The molecule has 0 unspecified atom stereocenters. The Kier molecular flexibility index (Phi) is 7.16. The normalized spacial score (nSPS) is 14.3. The maximum atomic E-state index is 12.9. The minimum absolute atomic E-state index is 0.0967. The van der Waals surface area contributed by atoms with Crippen molar-refractivity contribution in [3.63, 3.8) is 0 Å². The van der Waals surface area contributed by atoms with Crippen molar-refractivity contribution in [3.05, 3.63) is 71.8 Å². The van der Waals surface area contributed by atoms with Crippen LogP contribution in [0.5, 0.6) is 0 Å². The van der Waals surface area contributed by atoms with Crippen LogP contribution in [0.25, 0.3) is 0 Å². The van der Waals surface area contributed by atoms with E-state index in [4.69, 9.17) is 13.6 Å². The Morgan fingerprint density at radius 1 is 0.875 bits per heavy atom. The van der Waals surface area contributed by atoms with E-state index in [0.29, 0.717) is 0 Å². The summed E-state index contributed by atoms with van der Waals surface area (Å²) >= 11 is 0. The van der Waals surface area contributed by atoms with E-state index in [9.17, 15) is 9.67 Å². The van der Waals surface area contributed by atoms with Crippen LogP contribution in [0.3, 0.4) is 0 Å². The van der Waals surface area contributed by atoms with Crippen LogP contribution < -0.4 is 0 Å². The van der Waals surface area contributed by atoms with Crippen molar-refractivity contribution < 1.29 is 23.2 Å². The molecule has 0 saturated carbocycles. The van der Waals surface area contributed by atoms with Crippen LogP contribution in [-0.4, -0.2) is 17.3 Å². The number of benzene rings is 2. The number of hydrogen-bond donors (Lipinski definition) is 1. The average molecular weight is 350 g/mol. The molecule has 2 aromatic carbocycles. The topological polar surface area (TPSA) is 65.0 Å². The Morgan fingerprint density at radius 2 is 1.29 bits per heavy atom. The quantitative estimate of drug-likeness (QED) is 0.683. The molecule has 0 aliphatic heterocycles. The van der Waals surface area contributed by atoms with Crippen LogP contribution in [-0.2, 0) is 31.4 Å². The van der Waals surface area contributed by atoms with Gasteiger partial charge in [-0.15, -0.1) is 0 Å². The highest BCUT2D eigenvalue weighted by Crippen LogP contribution is 2.52. The molecule has 5 nitrogen and oxygen atoms in total. The molecule has 130 valence electrons. The van der Waals surface area contributed by atoms with Crippen molar-refractivity contribution in [3.8, 4) is 0 Å². The summed E-state index contributed by atoms with van der Waals surface area (Å²) in [5, 5.41) is 9.60. The van der Waals surface area contributed by atoms with Gasteiger partial charge in [0.1, 0.15) is 0 Å². The Morgan fingerprint density at radius 3 is 1.67 bits per heavy atom. The third kappa shape index (κ3) is 6.19. The van der Waals surface area contributed by atoms with E-state index in [-0.39, 0.29) is 13.2 Å². The second-order valence-corrected chi connectivity index (χ2v) is 7.14. The monoisotopic (exact) mass is 350 g/mol. The first-order chi connectivity index (χ1) is 11.5. The van der Waals surface area contributed by atoms with Gasteiger partial charge >= 0.3 is 7.82 Å². The zero-order valence-corrected chi connectivity index (χ0v) is 14.8.